The largest absolute Gasteiger partial charge is 0.393 e. The molecule has 0 aromatic rings. The molecule has 4 aliphatic carbocycles. The first-order valence-corrected chi connectivity index (χ1v) is 12.7. The summed E-state index contributed by atoms with van der Waals surface area (Å²) in [5.41, 5.74) is 2.44. The van der Waals surface area contributed by atoms with Crippen molar-refractivity contribution < 1.29 is 10.2 Å². The zero-order valence-electron chi connectivity index (χ0n) is 19.7. The first-order chi connectivity index (χ1) is 13.7. The van der Waals surface area contributed by atoms with Crippen LogP contribution in [-0.4, -0.2) is 22.4 Å². The van der Waals surface area contributed by atoms with Gasteiger partial charge < -0.3 is 10.2 Å². The predicted molar refractivity (Wildman–Crippen MR) is 120 cm³/mol. The van der Waals surface area contributed by atoms with Crippen molar-refractivity contribution in [3.8, 4) is 0 Å². The fourth-order valence-corrected chi connectivity index (χ4v) is 8.59. The molecule has 0 heterocycles. The van der Waals surface area contributed by atoms with Crippen LogP contribution in [0.5, 0.6) is 0 Å². The van der Waals surface area contributed by atoms with Crippen molar-refractivity contribution in [3.63, 3.8) is 0 Å². The zero-order valence-corrected chi connectivity index (χ0v) is 19.7. The summed E-state index contributed by atoms with van der Waals surface area (Å²) in [6.07, 6.45) is 14.4. The van der Waals surface area contributed by atoms with E-state index in [0.29, 0.717) is 16.7 Å². The van der Waals surface area contributed by atoms with Gasteiger partial charge in [-0.2, -0.15) is 0 Å². The SMILES string of the molecule is CC(C)[C@@H](O)CC[C@@H](C)[C@H]1CC[C@H]2C3CC=C4C[C@@H](O)CC[C@]4(C)[C@H]3CC[C@]12C. The van der Waals surface area contributed by atoms with E-state index in [4.69, 9.17) is 0 Å². The van der Waals surface area contributed by atoms with Crippen LogP contribution in [-0.2, 0) is 0 Å². The number of aliphatic hydroxyl groups is 2. The Kier molecular flexibility index (Phi) is 6.01. The molecule has 2 N–H and O–H groups in total. The smallest absolute Gasteiger partial charge is 0.0577 e. The van der Waals surface area contributed by atoms with Crippen molar-refractivity contribution in [1.29, 1.82) is 0 Å². The molecule has 4 rings (SSSR count). The van der Waals surface area contributed by atoms with Gasteiger partial charge in [-0.05, 0) is 111 Å². The van der Waals surface area contributed by atoms with Gasteiger partial charge in [-0.3, -0.25) is 0 Å². The van der Waals surface area contributed by atoms with E-state index in [9.17, 15) is 10.2 Å². The number of hydrogen-bond donors (Lipinski definition) is 2. The molecule has 0 spiro atoms. The van der Waals surface area contributed by atoms with Crippen LogP contribution in [0.3, 0.4) is 0 Å². The summed E-state index contributed by atoms with van der Waals surface area (Å²) in [4.78, 5) is 0. The van der Waals surface area contributed by atoms with Gasteiger partial charge in [0.05, 0.1) is 12.2 Å². The van der Waals surface area contributed by atoms with Gasteiger partial charge in [-0.25, -0.2) is 0 Å². The Morgan fingerprint density at radius 2 is 1.76 bits per heavy atom. The highest BCUT2D eigenvalue weighted by Crippen LogP contribution is 2.67. The average molecular weight is 403 g/mol. The first kappa shape index (κ1) is 21.9. The lowest BCUT2D eigenvalue weighted by molar-refractivity contribution is -0.0579. The molecule has 4 aliphatic rings. The molecule has 0 saturated heterocycles. The van der Waals surface area contributed by atoms with E-state index in [1.807, 2.05) is 0 Å². The van der Waals surface area contributed by atoms with E-state index >= 15 is 0 Å². The van der Waals surface area contributed by atoms with Crippen molar-refractivity contribution in [3.05, 3.63) is 11.6 Å². The van der Waals surface area contributed by atoms with Crippen molar-refractivity contribution in [2.24, 2.45) is 46.3 Å². The van der Waals surface area contributed by atoms with E-state index in [1.54, 1.807) is 5.57 Å². The lowest BCUT2D eigenvalue weighted by atomic mass is 9.47. The molecule has 9 atom stereocenters. The van der Waals surface area contributed by atoms with Gasteiger partial charge >= 0.3 is 0 Å². The third-order valence-electron chi connectivity index (χ3n) is 10.5. The highest BCUT2D eigenvalue weighted by Gasteiger charge is 2.59. The van der Waals surface area contributed by atoms with E-state index in [2.05, 4.69) is 40.7 Å². The predicted octanol–water partition coefficient (Wildman–Crippen LogP) is 6.36. The Morgan fingerprint density at radius 3 is 2.48 bits per heavy atom. The average Bonchev–Trinajstić information content (AvgIpc) is 3.03. The molecule has 0 radical (unpaired) electrons. The number of aliphatic hydroxyl groups excluding tert-OH is 2. The van der Waals surface area contributed by atoms with Crippen molar-refractivity contribution in [2.45, 2.75) is 111 Å². The van der Waals surface area contributed by atoms with Crippen LogP contribution in [0, 0.1) is 46.3 Å². The minimum Gasteiger partial charge on any atom is -0.393 e. The summed E-state index contributed by atoms with van der Waals surface area (Å²) in [5.74, 6) is 4.51. The monoisotopic (exact) mass is 402 g/mol. The van der Waals surface area contributed by atoms with Crippen LogP contribution in [0.1, 0.15) is 98.8 Å². The van der Waals surface area contributed by atoms with Crippen LogP contribution in [0.15, 0.2) is 11.6 Å². The minimum absolute atomic E-state index is 0.0994. The van der Waals surface area contributed by atoms with Crippen molar-refractivity contribution >= 4 is 0 Å². The molecule has 3 saturated carbocycles. The van der Waals surface area contributed by atoms with Crippen LogP contribution < -0.4 is 0 Å². The van der Waals surface area contributed by atoms with Crippen molar-refractivity contribution in [2.75, 3.05) is 0 Å². The van der Waals surface area contributed by atoms with Gasteiger partial charge in [0.1, 0.15) is 0 Å². The van der Waals surface area contributed by atoms with Crippen LogP contribution in [0.4, 0.5) is 0 Å². The fourth-order valence-electron chi connectivity index (χ4n) is 8.59. The second-order valence-electron chi connectivity index (χ2n) is 12.3. The Balaban J connectivity index is 1.49. The molecule has 2 heteroatoms. The second-order valence-corrected chi connectivity index (χ2v) is 12.3. The lowest BCUT2D eigenvalue weighted by Gasteiger charge is -2.58. The number of rotatable bonds is 5. The van der Waals surface area contributed by atoms with Gasteiger partial charge in [0.25, 0.3) is 0 Å². The molecule has 29 heavy (non-hydrogen) atoms. The molecule has 2 nitrogen and oxygen atoms in total. The second kappa shape index (κ2) is 7.97. The highest BCUT2D eigenvalue weighted by molar-refractivity contribution is 5.25. The van der Waals surface area contributed by atoms with Gasteiger partial charge in [-0.15, -0.1) is 0 Å². The molecular formula is C27H46O2. The number of fused-ring (bicyclic) bond motifs is 5. The minimum atomic E-state index is -0.137. The summed E-state index contributed by atoms with van der Waals surface area (Å²) in [6.45, 7) is 11.9. The Bertz CT molecular complexity index is 624. The molecule has 166 valence electrons. The molecule has 0 aliphatic heterocycles. The maximum Gasteiger partial charge on any atom is 0.0577 e. The van der Waals surface area contributed by atoms with Crippen LogP contribution in [0.2, 0.25) is 0 Å². The molecule has 3 fully saturated rings. The van der Waals surface area contributed by atoms with E-state index in [-0.39, 0.29) is 12.2 Å². The van der Waals surface area contributed by atoms with Gasteiger partial charge in [-0.1, -0.05) is 46.3 Å². The lowest BCUT2D eigenvalue weighted by Crippen LogP contribution is -2.50. The summed E-state index contributed by atoms with van der Waals surface area (Å²) in [5, 5.41) is 20.5. The topological polar surface area (TPSA) is 40.5 Å². The highest BCUT2D eigenvalue weighted by atomic mass is 16.3. The van der Waals surface area contributed by atoms with Gasteiger partial charge in [0.15, 0.2) is 0 Å². The summed E-state index contributed by atoms with van der Waals surface area (Å²) < 4.78 is 0. The first-order valence-electron chi connectivity index (χ1n) is 12.7. The standard InChI is InChI=1S/C27H46O2/c1-17(2)25(29)11-6-18(3)22-9-10-23-21-8-7-19-16-20(28)12-14-26(19,4)24(21)13-15-27(22,23)5/h7,17-18,20-25,28-29H,6,8-16H2,1-5H3/t18-,20+,21?,22-,23+,24+,25+,26+,27-/m1/s1. The van der Waals surface area contributed by atoms with Crippen LogP contribution in [0.25, 0.3) is 0 Å². The Hall–Kier alpha value is -0.340. The molecule has 0 aromatic carbocycles. The molecule has 1 unspecified atom stereocenters. The zero-order chi connectivity index (χ0) is 21.0. The summed E-state index contributed by atoms with van der Waals surface area (Å²) in [6, 6.07) is 0. The third kappa shape index (κ3) is 3.65. The van der Waals surface area contributed by atoms with E-state index in [1.165, 1.54) is 44.9 Å². The third-order valence-corrected chi connectivity index (χ3v) is 10.5. The summed E-state index contributed by atoms with van der Waals surface area (Å²) in [7, 11) is 0. The van der Waals surface area contributed by atoms with E-state index in [0.717, 1.165) is 48.9 Å². The maximum atomic E-state index is 10.3. The number of allylic oxidation sites excluding steroid dienone is 1. The number of hydrogen-bond acceptors (Lipinski definition) is 2. The Labute approximate surface area is 179 Å². The Morgan fingerprint density at radius 1 is 1.00 bits per heavy atom. The molecule has 0 bridgehead atoms. The van der Waals surface area contributed by atoms with E-state index < -0.39 is 0 Å². The maximum absolute atomic E-state index is 10.3. The molecular weight excluding hydrogens is 356 g/mol. The van der Waals surface area contributed by atoms with Gasteiger partial charge in [0.2, 0.25) is 0 Å². The molecule has 0 aromatic heterocycles. The fraction of sp³-hybridized carbons (Fsp3) is 0.926. The van der Waals surface area contributed by atoms with Gasteiger partial charge in [0, 0.05) is 0 Å². The quantitative estimate of drug-likeness (QED) is 0.525. The normalized spacial score (nSPS) is 46.5. The van der Waals surface area contributed by atoms with Crippen molar-refractivity contribution in [1.82, 2.24) is 0 Å². The van der Waals surface area contributed by atoms with Crippen LogP contribution >= 0.6 is 0 Å². The molecule has 0 amide bonds. The summed E-state index contributed by atoms with van der Waals surface area (Å²) >= 11 is 0.